The van der Waals surface area contributed by atoms with Crippen LogP contribution in [0.15, 0.2) is 30.3 Å². The van der Waals surface area contributed by atoms with Crippen molar-refractivity contribution in [2.24, 2.45) is 5.92 Å². The SMILES string of the molecule is C[C@H]1CCCN(c2cc(N3CCOCC3)nc(NC(=S)NCC3(c4ccc(Cl)cc4)CCCC3)n2)C1. The number of morpholine rings is 1. The van der Waals surface area contributed by atoms with Gasteiger partial charge in [-0.2, -0.15) is 9.97 Å². The maximum atomic E-state index is 6.15. The highest BCUT2D eigenvalue weighted by molar-refractivity contribution is 7.80. The topological polar surface area (TPSA) is 65.6 Å². The van der Waals surface area contributed by atoms with Gasteiger partial charge in [0.05, 0.1) is 13.2 Å². The van der Waals surface area contributed by atoms with Crippen LogP contribution in [0.5, 0.6) is 0 Å². The first-order valence-electron chi connectivity index (χ1n) is 13.3. The molecule has 1 aromatic carbocycles. The van der Waals surface area contributed by atoms with Crippen molar-refractivity contribution >= 4 is 46.5 Å². The molecule has 3 aliphatic rings. The summed E-state index contributed by atoms with van der Waals surface area (Å²) in [4.78, 5) is 14.4. The Bertz CT molecular complexity index is 1040. The Morgan fingerprint density at radius 1 is 1.06 bits per heavy atom. The first kappa shape index (κ1) is 25.5. The lowest BCUT2D eigenvalue weighted by Gasteiger charge is -2.33. The Kier molecular flexibility index (Phi) is 8.13. The first-order valence-corrected chi connectivity index (χ1v) is 14.1. The van der Waals surface area contributed by atoms with E-state index in [0.29, 0.717) is 17.0 Å². The molecule has 1 aliphatic carbocycles. The van der Waals surface area contributed by atoms with Gasteiger partial charge in [0.1, 0.15) is 11.6 Å². The lowest BCUT2D eigenvalue weighted by Crippen LogP contribution is -2.41. The maximum Gasteiger partial charge on any atom is 0.232 e. The second kappa shape index (κ2) is 11.5. The fourth-order valence-electron chi connectivity index (χ4n) is 5.81. The molecule has 1 saturated carbocycles. The summed E-state index contributed by atoms with van der Waals surface area (Å²) in [5.74, 6) is 3.11. The van der Waals surface area contributed by atoms with Gasteiger partial charge in [0.15, 0.2) is 5.11 Å². The van der Waals surface area contributed by atoms with Gasteiger partial charge < -0.3 is 25.2 Å². The molecule has 0 unspecified atom stereocenters. The summed E-state index contributed by atoms with van der Waals surface area (Å²) in [5, 5.41) is 8.13. The Balaban J connectivity index is 1.31. The second-order valence-corrected chi connectivity index (χ2v) is 11.3. The van der Waals surface area contributed by atoms with Gasteiger partial charge in [0, 0.05) is 49.2 Å². The van der Waals surface area contributed by atoms with Crippen molar-refractivity contribution < 1.29 is 4.74 Å². The summed E-state index contributed by atoms with van der Waals surface area (Å²) < 4.78 is 5.56. The molecule has 7 nitrogen and oxygen atoms in total. The van der Waals surface area contributed by atoms with Crippen LogP contribution >= 0.6 is 23.8 Å². The van der Waals surface area contributed by atoms with Crippen molar-refractivity contribution in [2.75, 3.05) is 61.1 Å². The third-order valence-electron chi connectivity index (χ3n) is 7.85. The van der Waals surface area contributed by atoms with E-state index in [9.17, 15) is 0 Å². The van der Waals surface area contributed by atoms with E-state index < -0.39 is 0 Å². The van der Waals surface area contributed by atoms with Crippen molar-refractivity contribution in [1.29, 1.82) is 0 Å². The van der Waals surface area contributed by atoms with Crippen LogP contribution in [0.4, 0.5) is 17.6 Å². The molecule has 3 fully saturated rings. The smallest absolute Gasteiger partial charge is 0.232 e. The quantitative estimate of drug-likeness (QED) is 0.508. The van der Waals surface area contributed by atoms with E-state index >= 15 is 0 Å². The molecule has 0 radical (unpaired) electrons. The zero-order chi connectivity index (χ0) is 25.0. The molecule has 2 saturated heterocycles. The molecule has 2 aliphatic heterocycles. The fraction of sp³-hybridized carbons (Fsp3) is 0.593. The van der Waals surface area contributed by atoms with Gasteiger partial charge in [0.25, 0.3) is 0 Å². The van der Waals surface area contributed by atoms with Gasteiger partial charge in [-0.1, -0.05) is 43.5 Å². The summed E-state index contributed by atoms with van der Waals surface area (Å²) in [7, 11) is 0. The van der Waals surface area contributed by atoms with Gasteiger partial charge in [-0.25, -0.2) is 0 Å². The summed E-state index contributed by atoms with van der Waals surface area (Å²) in [5.41, 5.74) is 1.40. The monoisotopic (exact) mass is 528 g/mol. The van der Waals surface area contributed by atoms with Crippen molar-refractivity contribution in [3.63, 3.8) is 0 Å². The molecular formula is C27H37ClN6OS. The molecule has 36 heavy (non-hydrogen) atoms. The second-order valence-electron chi connectivity index (χ2n) is 10.5. The van der Waals surface area contributed by atoms with Crippen molar-refractivity contribution in [2.45, 2.75) is 50.9 Å². The molecule has 1 aromatic heterocycles. The molecule has 2 aromatic rings. The average molecular weight is 529 g/mol. The Hall–Kier alpha value is -2.16. The third-order valence-corrected chi connectivity index (χ3v) is 8.34. The van der Waals surface area contributed by atoms with E-state index in [-0.39, 0.29) is 5.41 Å². The molecule has 9 heteroatoms. The van der Waals surface area contributed by atoms with Gasteiger partial charge in [-0.3, -0.25) is 0 Å². The van der Waals surface area contributed by atoms with Crippen LogP contribution in [-0.2, 0) is 10.2 Å². The van der Waals surface area contributed by atoms with Crippen LogP contribution in [-0.4, -0.2) is 61.0 Å². The van der Waals surface area contributed by atoms with E-state index in [4.69, 9.17) is 38.5 Å². The average Bonchev–Trinajstić information content (AvgIpc) is 3.38. The first-order chi connectivity index (χ1) is 17.5. The lowest BCUT2D eigenvalue weighted by atomic mass is 9.79. The minimum absolute atomic E-state index is 0.0714. The standard InChI is InChI=1S/C27H37ClN6OS/c1-20-5-4-12-34(18-20)24-17-23(33-13-15-35-16-14-33)30-25(31-24)32-26(36)29-19-27(10-2-3-11-27)21-6-8-22(28)9-7-21/h6-9,17,20H,2-5,10-16,18-19H2,1H3,(H2,29,30,31,32,36)/t20-/m0/s1. The van der Waals surface area contributed by atoms with Crippen LogP contribution in [0.25, 0.3) is 0 Å². The van der Waals surface area contributed by atoms with Gasteiger partial charge in [-0.05, 0) is 61.5 Å². The zero-order valence-electron chi connectivity index (χ0n) is 21.1. The van der Waals surface area contributed by atoms with Crippen LogP contribution in [0.1, 0.15) is 51.0 Å². The van der Waals surface area contributed by atoms with E-state index in [2.05, 4.69) is 45.6 Å². The highest BCUT2D eigenvalue weighted by Crippen LogP contribution is 2.41. The van der Waals surface area contributed by atoms with Gasteiger partial charge in [0.2, 0.25) is 5.95 Å². The number of hydrogen-bond donors (Lipinski definition) is 2. The molecule has 1 atom stereocenters. The van der Waals surface area contributed by atoms with E-state index in [1.807, 2.05) is 12.1 Å². The zero-order valence-corrected chi connectivity index (χ0v) is 22.7. The molecule has 0 amide bonds. The minimum atomic E-state index is 0.0714. The molecule has 194 valence electrons. The summed E-state index contributed by atoms with van der Waals surface area (Å²) in [6.45, 7) is 8.23. The molecule has 2 N–H and O–H groups in total. The molecule has 0 bridgehead atoms. The number of halogens is 1. The number of thiocarbonyl (C=S) groups is 1. The number of ether oxygens (including phenoxy) is 1. The van der Waals surface area contributed by atoms with Gasteiger partial charge in [-0.15, -0.1) is 0 Å². The highest BCUT2D eigenvalue weighted by Gasteiger charge is 2.35. The van der Waals surface area contributed by atoms with E-state index in [1.54, 1.807) is 0 Å². The van der Waals surface area contributed by atoms with E-state index in [0.717, 1.165) is 75.4 Å². The molecule has 0 spiro atoms. The number of anilines is 3. The van der Waals surface area contributed by atoms with Crippen molar-refractivity contribution in [1.82, 2.24) is 15.3 Å². The summed E-state index contributed by atoms with van der Waals surface area (Å²) in [6.07, 6.45) is 7.20. The lowest BCUT2D eigenvalue weighted by molar-refractivity contribution is 0.122. The number of benzene rings is 1. The molecule has 3 heterocycles. The van der Waals surface area contributed by atoms with Crippen LogP contribution in [0, 0.1) is 5.92 Å². The minimum Gasteiger partial charge on any atom is -0.378 e. The number of rotatable bonds is 6. The normalized spacial score (nSPS) is 21.9. The van der Waals surface area contributed by atoms with Crippen molar-refractivity contribution in [3.8, 4) is 0 Å². The van der Waals surface area contributed by atoms with E-state index in [1.165, 1.54) is 31.2 Å². The number of nitrogens with zero attached hydrogens (tertiary/aromatic N) is 4. The Labute approximate surface area is 225 Å². The third kappa shape index (κ3) is 6.03. The van der Waals surface area contributed by atoms with Crippen LogP contribution in [0.2, 0.25) is 5.02 Å². The van der Waals surface area contributed by atoms with Crippen molar-refractivity contribution in [3.05, 3.63) is 40.9 Å². The predicted octanol–water partition coefficient (Wildman–Crippen LogP) is 5.00. The van der Waals surface area contributed by atoms with Crippen LogP contribution < -0.4 is 20.4 Å². The molecular weight excluding hydrogens is 492 g/mol. The van der Waals surface area contributed by atoms with Crippen LogP contribution in [0.3, 0.4) is 0 Å². The van der Waals surface area contributed by atoms with Gasteiger partial charge >= 0.3 is 0 Å². The number of nitrogens with one attached hydrogen (secondary N) is 2. The number of hydrogen-bond acceptors (Lipinski definition) is 6. The summed E-state index contributed by atoms with van der Waals surface area (Å²) >= 11 is 11.9. The number of piperidine rings is 1. The highest BCUT2D eigenvalue weighted by atomic mass is 35.5. The molecule has 5 rings (SSSR count). The summed E-state index contributed by atoms with van der Waals surface area (Å²) in [6, 6.07) is 10.4. The Morgan fingerprint density at radius 2 is 1.75 bits per heavy atom. The Morgan fingerprint density at radius 3 is 2.44 bits per heavy atom. The number of aromatic nitrogens is 2. The largest absolute Gasteiger partial charge is 0.378 e. The predicted molar refractivity (Wildman–Crippen MR) is 151 cm³/mol. The maximum absolute atomic E-state index is 6.15. The fourth-order valence-corrected chi connectivity index (χ4v) is 6.10.